The van der Waals surface area contributed by atoms with E-state index < -0.39 is 15.8 Å². The van der Waals surface area contributed by atoms with Crippen molar-refractivity contribution >= 4 is 15.9 Å². The first kappa shape index (κ1) is 16.9. The molecule has 1 atom stereocenters. The topological polar surface area (TPSA) is 83.7 Å². The van der Waals surface area contributed by atoms with Gasteiger partial charge in [-0.2, -0.15) is 4.31 Å². The molecule has 0 saturated carbocycles. The minimum atomic E-state index is -3.65. The quantitative estimate of drug-likeness (QED) is 0.858. The van der Waals surface area contributed by atoms with Crippen LogP contribution in [0.5, 0.6) is 0 Å². The molecule has 1 aromatic rings. The summed E-state index contributed by atoms with van der Waals surface area (Å²) in [5.74, 6) is -0.799. The van der Waals surface area contributed by atoms with Crippen LogP contribution in [0.15, 0.2) is 29.2 Å². The summed E-state index contributed by atoms with van der Waals surface area (Å²) in [6, 6.07) is 4.74. The van der Waals surface area contributed by atoms with Crippen LogP contribution in [-0.2, 0) is 14.8 Å². The Morgan fingerprint density at radius 1 is 1.23 bits per heavy atom. The second-order valence-electron chi connectivity index (χ2n) is 5.32. The molecule has 1 unspecified atom stereocenters. The average Bonchev–Trinajstić information content (AvgIpc) is 2.54. The van der Waals surface area contributed by atoms with E-state index in [1.165, 1.54) is 16.4 Å². The predicted octanol–water partition coefficient (Wildman–Crippen LogP) is 0.253. The minimum Gasteiger partial charge on any atom is -0.340 e. The summed E-state index contributed by atoms with van der Waals surface area (Å²) < 4.78 is 39.1. The van der Waals surface area contributed by atoms with Gasteiger partial charge in [0.05, 0.1) is 4.90 Å². The van der Waals surface area contributed by atoms with Crippen molar-refractivity contribution in [3.05, 3.63) is 30.1 Å². The van der Waals surface area contributed by atoms with Gasteiger partial charge in [0.1, 0.15) is 5.82 Å². The highest BCUT2D eigenvalue weighted by Crippen LogP contribution is 2.18. The first-order valence-corrected chi connectivity index (χ1v) is 8.55. The fraction of sp³-hybridized carbons (Fsp3) is 0.500. The summed E-state index contributed by atoms with van der Waals surface area (Å²) in [7, 11) is -3.65. The van der Waals surface area contributed by atoms with E-state index in [1.54, 1.807) is 11.8 Å². The summed E-state index contributed by atoms with van der Waals surface area (Å²) in [6.45, 7) is 3.15. The lowest BCUT2D eigenvalue weighted by molar-refractivity contribution is -0.135. The molecule has 8 heteroatoms. The number of hydrogen-bond donors (Lipinski definition) is 1. The van der Waals surface area contributed by atoms with E-state index in [-0.39, 0.29) is 36.4 Å². The maximum absolute atomic E-state index is 12.9. The maximum atomic E-state index is 12.9. The Kier molecular flexibility index (Phi) is 5.15. The Labute approximate surface area is 129 Å². The monoisotopic (exact) mass is 329 g/mol. The smallest absolute Gasteiger partial charge is 0.243 e. The summed E-state index contributed by atoms with van der Waals surface area (Å²) in [4.78, 5) is 13.7. The number of nitrogens with zero attached hydrogens (tertiary/aromatic N) is 2. The Bertz CT molecular complexity index is 625. The van der Waals surface area contributed by atoms with E-state index in [1.807, 2.05) is 0 Å². The van der Waals surface area contributed by atoms with Gasteiger partial charge in [0.25, 0.3) is 0 Å². The normalized spacial score (nSPS) is 18.2. The molecule has 0 radical (unpaired) electrons. The van der Waals surface area contributed by atoms with Gasteiger partial charge in [-0.3, -0.25) is 4.79 Å². The van der Waals surface area contributed by atoms with Gasteiger partial charge in [-0.1, -0.05) is 6.92 Å². The Balaban J connectivity index is 2.05. The number of nitrogens with two attached hydrogens (primary N) is 1. The highest BCUT2D eigenvalue weighted by molar-refractivity contribution is 7.89. The molecule has 1 aromatic carbocycles. The molecule has 0 aromatic heterocycles. The molecule has 122 valence electrons. The third-order valence-corrected chi connectivity index (χ3v) is 5.69. The van der Waals surface area contributed by atoms with Gasteiger partial charge in [0.15, 0.2) is 0 Å². The Morgan fingerprint density at radius 2 is 1.77 bits per heavy atom. The molecular formula is C14H20FN3O3S. The third kappa shape index (κ3) is 3.45. The van der Waals surface area contributed by atoms with Gasteiger partial charge in [0.2, 0.25) is 15.9 Å². The molecule has 6 nitrogen and oxygen atoms in total. The summed E-state index contributed by atoms with van der Waals surface area (Å²) in [6.07, 6.45) is 0. The number of carbonyl (C=O) groups is 1. The molecule has 22 heavy (non-hydrogen) atoms. The largest absolute Gasteiger partial charge is 0.340 e. The highest BCUT2D eigenvalue weighted by Gasteiger charge is 2.31. The summed E-state index contributed by atoms with van der Waals surface area (Å²) >= 11 is 0. The van der Waals surface area contributed by atoms with Crippen LogP contribution < -0.4 is 5.73 Å². The lowest BCUT2D eigenvalue weighted by atomic mass is 10.1. The first-order chi connectivity index (χ1) is 10.4. The van der Waals surface area contributed by atoms with Gasteiger partial charge < -0.3 is 10.6 Å². The molecule has 1 aliphatic rings. The van der Waals surface area contributed by atoms with Gasteiger partial charge in [-0.05, 0) is 24.3 Å². The van der Waals surface area contributed by atoms with Gasteiger partial charge in [-0.15, -0.1) is 0 Å². The molecule has 1 amide bonds. The molecule has 0 bridgehead atoms. The van der Waals surface area contributed by atoms with E-state index in [4.69, 9.17) is 5.73 Å². The zero-order valence-electron chi connectivity index (χ0n) is 12.4. The molecule has 0 spiro atoms. The standard InChI is InChI=1S/C14H20FN3O3S/c1-11(10-16)14(19)17-6-8-18(9-7-17)22(20,21)13-4-2-12(15)3-5-13/h2-5,11H,6-10,16H2,1H3. The molecule has 2 rings (SSSR count). The molecule has 0 aliphatic carbocycles. The van der Waals surface area contributed by atoms with Crippen LogP contribution in [0.25, 0.3) is 0 Å². The number of halogens is 1. The van der Waals surface area contributed by atoms with Crippen molar-refractivity contribution in [2.75, 3.05) is 32.7 Å². The fourth-order valence-electron chi connectivity index (χ4n) is 2.32. The van der Waals surface area contributed by atoms with Gasteiger partial charge in [0, 0.05) is 38.6 Å². The van der Waals surface area contributed by atoms with Crippen LogP contribution in [-0.4, -0.2) is 56.3 Å². The number of rotatable bonds is 4. The maximum Gasteiger partial charge on any atom is 0.243 e. The Morgan fingerprint density at radius 3 is 2.27 bits per heavy atom. The third-order valence-electron chi connectivity index (χ3n) is 3.78. The van der Waals surface area contributed by atoms with Crippen LogP contribution in [0.3, 0.4) is 0 Å². The van der Waals surface area contributed by atoms with Gasteiger partial charge in [-0.25, -0.2) is 12.8 Å². The van der Waals surface area contributed by atoms with Gasteiger partial charge >= 0.3 is 0 Å². The average molecular weight is 329 g/mol. The zero-order valence-corrected chi connectivity index (χ0v) is 13.2. The van der Waals surface area contributed by atoms with Crippen LogP contribution in [0.2, 0.25) is 0 Å². The SMILES string of the molecule is CC(CN)C(=O)N1CCN(S(=O)(=O)c2ccc(F)cc2)CC1. The van der Waals surface area contributed by atoms with Crippen molar-refractivity contribution < 1.29 is 17.6 Å². The fourth-order valence-corrected chi connectivity index (χ4v) is 3.74. The number of sulfonamides is 1. The molecule has 2 N–H and O–H groups in total. The van der Waals surface area contributed by atoms with Crippen molar-refractivity contribution in [2.45, 2.75) is 11.8 Å². The van der Waals surface area contributed by atoms with Crippen molar-refractivity contribution in [1.29, 1.82) is 0 Å². The molecular weight excluding hydrogens is 309 g/mol. The number of carbonyl (C=O) groups excluding carboxylic acids is 1. The highest BCUT2D eigenvalue weighted by atomic mass is 32.2. The lowest BCUT2D eigenvalue weighted by Gasteiger charge is -2.35. The first-order valence-electron chi connectivity index (χ1n) is 7.11. The number of piperazine rings is 1. The van der Waals surface area contributed by atoms with Crippen molar-refractivity contribution in [2.24, 2.45) is 11.7 Å². The van der Waals surface area contributed by atoms with E-state index in [9.17, 15) is 17.6 Å². The van der Waals surface area contributed by atoms with E-state index >= 15 is 0 Å². The van der Waals surface area contributed by atoms with E-state index in [0.29, 0.717) is 13.1 Å². The van der Waals surface area contributed by atoms with Crippen LogP contribution in [0.4, 0.5) is 4.39 Å². The lowest BCUT2D eigenvalue weighted by Crippen LogP contribution is -2.52. The molecule has 1 saturated heterocycles. The number of benzene rings is 1. The van der Waals surface area contributed by atoms with Crippen molar-refractivity contribution in [3.8, 4) is 0 Å². The molecule has 1 fully saturated rings. The number of amides is 1. The van der Waals surface area contributed by atoms with Crippen LogP contribution in [0.1, 0.15) is 6.92 Å². The molecule has 1 aliphatic heterocycles. The second kappa shape index (κ2) is 6.72. The van der Waals surface area contributed by atoms with Crippen LogP contribution in [0, 0.1) is 11.7 Å². The number of hydrogen-bond acceptors (Lipinski definition) is 4. The van der Waals surface area contributed by atoms with Crippen molar-refractivity contribution in [1.82, 2.24) is 9.21 Å². The molecule has 1 heterocycles. The van der Waals surface area contributed by atoms with Crippen molar-refractivity contribution in [3.63, 3.8) is 0 Å². The Hall–Kier alpha value is -1.51. The zero-order chi connectivity index (χ0) is 16.3. The van der Waals surface area contributed by atoms with E-state index in [0.717, 1.165) is 12.1 Å². The van der Waals surface area contributed by atoms with E-state index in [2.05, 4.69) is 0 Å². The predicted molar refractivity (Wildman–Crippen MR) is 80.0 cm³/mol. The summed E-state index contributed by atoms with van der Waals surface area (Å²) in [5.41, 5.74) is 5.48. The summed E-state index contributed by atoms with van der Waals surface area (Å²) in [5, 5.41) is 0. The second-order valence-corrected chi connectivity index (χ2v) is 7.26. The minimum absolute atomic E-state index is 0.0543. The van der Waals surface area contributed by atoms with Crippen LogP contribution >= 0.6 is 0 Å².